The van der Waals surface area contributed by atoms with Crippen LogP contribution in [0.2, 0.25) is 0 Å². The van der Waals surface area contributed by atoms with Crippen molar-refractivity contribution in [2.75, 3.05) is 18.5 Å². The van der Waals surface area contributed by atoms with Gasteiger partial charge in [0.1, 0.15) is 10.4 Å². The lowest BCUT2D eigenvalue weighted by Gasteiger charge is -2.19. The monoisotopic (exact) mass is 441 g/mol. The molecule has 2 N–H and O–H groups in total. The third kappa shape index (κ3) is 3.27. The van der Waals surface area contributed by atoms with E-state index in [1.54, 1.807) is 12.3 Å². The summed E-state index contributed by atoms with van der Waals surface area (Å²) < 4.78 is 41.3. The van der Waals surface area contributed by atoms with Crippen LogP contribution in [0.4, 0.5) is 19.0 Å². The van der Waals surface area contributed by atoms with Crippen molar-refractivity contribution in [3.8, 4) is 0 Å². The van der Waals surface area contributed by atoms with Crippen LogP contribution in [0.15, 0.2) is 41.1 Å². The van der Waals surface area contributed by atoms with Crippen LogP contribution in [0.3, 0.4) is 0 Å². The molecule has 0 spiro atoms. The summed E-state index contributed by atoms with van der Waals surface area (Å²) in [5, 5.41) is 16.8. The number of rotatable bonds is 5. The van der Waals surface area contributed by atoms with Crippen LogP contribution in [0.5, 0.6) is 0 Å². The molecule has 10 heteroatoms. The Labute approximate surface area is 160 Å². The maximum atomic E-state index is 13.2. The van der Waals surface area contributed by atoms with E-state index >= 15 is 0 Å². The van der Waals surface area contributed by atoms with E-state index in [9.17, 15) is 18.3 Å². The average molecular weight is 442 g/mol. The highest BCUT2D eigenvalue weighted by Crippen LogP contribution is 2.53. The van der Waals surface area contributed by atoms with E-state index in [4.69, 9.17) is 0 Å². The van der Waals surface area contributed by atoms with Crippen LogP contribution in [0.1, 0.15) is 17.8 Å². The van der Waals surface area contributed by atoms with Gasteiger partial charge in [-0.1, -0.05) is 6.07 Å². The van der Waals surface area contributed by atoms with Gasteiger partial charge >= 0.3 is 6.18 Å². The fourth-order valence-corrected chi connectivity index (χ4v) is 3.73. The van der Waals surface area contributed by atoms with Crippen LogP contribution in [-0.2, 0) is 11.6 Å². The van der Waals surface area contributed by atoms with Gasteiger partial charge in [-0.25, -0.2) is 4.98 Å². The number of aromatic nitrogens is 4. The van der Waals surface area contributed by atoms with Gasteiger partial charge in [0, 0.05) is 42.6 Å². The zero-order valence-corrected chi connectivity index (χ0v) is 15.5. The number of nitrogens with zero attached hydrogens (tertiary/aromatic N) is 4. The van der Waals surface area contributed by atoms with Gasteiger partial charge in [0.2, 0.25) is 0 Å². The highest BCUT2D eigenvalue weighted by Gasteiger charge is 2.55. The summed E-state index contributed by atoms with van der Waals surface area (Å²) in [6, 6.07) is 7.88. The first kappa shape index (κ1) is 18.2. The quantitative estimate of drug-likeness (QED) is 0.635. The maximum absolute atomic E-state index is 13.2. The predicted molar refractivity (Wildman–Crippen MR) is 95.3 cm³/mol. The Morgan fingerprint density at radius 3 is 2.78 bits per heavy atom. The van der Waals surface area contributed by atoms with Crippen LogP contribution in [-0.4, -0.2) is 37.8 Å². The Bertz CT molecular complexity index is 978. The normalized spacial score (nSPS) is 22.2. The van der Waals surface area contributed by atoms with Crippen LogP contribution in [0.25, 0.3) is 5.65 Å². The minimum atomic E-state index is -4.57. The summed E-state index contributed by atoms with van der Waals surface area (Å²) in [5.74, 6) is 0.181. The van der Waals surface area contributed by atoms with Gasteiger partial charge in [0.25, 0.3) is 0 Å². The molecule has 1 saturated carbocycles. The molecule has 0 aromatic carbocycles. The molecule has 0 bridgehead atoms. The fourth-order valence-electron chi connectivity index (χ4n) is 3.36. The number of nitrogens with one attached hydrogen (secondary N) is 1. The molecule has 142 valence electrons. The molecule has 3 aromatic rings. The number of alkyl halides is 3. The second-order valence-electron chi connectivity index (χ2n) is 6.57. The Kier molecular flexibility index (Phi) is 4.34. The van der Waals surface area contributed by atoms with Gasteiger partial charge in [0.05, 0.1) is 0 Å². The molecule has 1 aliphatic carbocycles. The number of hydrogen-bond acceptors (Lipinski definition) is 5. The standard InChI is InChI=1S/C17H15BrF3N5O/c18-13-6-15-24-12(17(19,20)21)5-14(26(15)25-13)23-9-16(7-10(16)8-27)11-3-1-2-4-22-11/h1-6,10,23,27H,7-9H2/t10-,16+/m0/s1. The van der Waals surface area contributed by atoms with Crippen molar-refractivity contribution in [3.05, 3.63) is 52.5 Å². The summed E-state index contributed by atoms with van der Waals surface area (Å²) in [5.41, 5.74) is -0.527. The van der Waals surface area contributed by atoms with E-state index in [0.717, 1.165) is 11.8 Å². The lowest BCUT2D eigenvalue weighted by Crippen LogP contribution is -2.25. The van der Waals surface area contributed by atoms with E-state index < -0.39 is 17.3 Å². The molecule has 1 aliphatic rings. The smallest absolute Gasteiger partial charge is 0.396 e. The van der Waals surface area contributed by atoms with Crippen molar-refractivity contribution in [2.24, 2.45) is 5.92 Å². The molecule has 3 aromatic heterocycles. The molecule has 6 nitrogen and oxygen atoms in total. The summed E-state index contributed by atoms with van der Waals surface area (Å²) in [6.07, 6.45) is -2.20. The number of pyridine rings is 1. The number of fused-ring (bicyclic) bond motifs is 1. The van der Waals surface area contributed by atoms with Crippen molar-refractivity contribution in [3.63, 3.8) is 0 Å². The SMILES string of the molecule is OC[C@@H]1C[C@]1(CNc1cc(C(F)(F)F)nc2cc(Br)nn12)c1ccccn1. The van der Waals surface area contributed by atoms with Gasteiger partial charge in [-0.3, -0.25) is 4.98 Å². The summed E-state index contributed by atoms with van der Waals surface area (Å²) >= 11 is 3.17. The molecule has 0 saturated heterocycles. The number of hydrogen-bond donors (Lipinski definition) is 2. The van der Waals surface area contributed by atoms with Crippen molar-refractivity contribution < 1.29 is 18.3 Å². The molecule has 0 aliphatic heterocycles. The average Bonchev–Trinajstić information content (AvgIpc) is 3.24. The third-order valence-corrected chi connectivity index (χ3v) is 5.29. The molecule has 2 atom stereocenters. The third-order valence-electron chi connectivity index (χ3n) is 4.90. The van der Waals surface area contributed by atoms with Gasteiger partial charge in [-0.05, 0) is 40.4 Å². The fraction of sp³-hybridized carbons (Fsp3) is 0.353. The van der Waals surface area contributed by atoms with E-state index in [1.807, 2.05) is 12.1 Å². The number of anilines is 1. The topological polar surface area (TPSA) is 75.3 Å². The molecule has 0 unspecified atom stereocenters. The van der Waals surface area contributed by atoms with Gasteiger partial charge in [-0.15, -0.1) is 0 Å². The van der Waals surface area contributed by atoms with Gasteiger partial charge in [-0.2, -0.15) is 22.8 Å². The molecule has 0 radical (unpaired) electrons. The van der Waals surface area contributed by atoms with Crippen molar-refractivity contribution in [1.29, 1.82) is 0 Å². The van der Waals surface area contributed by atoms with Crippen LogP contribution in [0, 0.1) is 5.92 Å². The molecule has 27 heavy (non-hydrogen) atoms. The van der Waals surface area contributed by atoms with Gasteiger partial charge in [0.15, 0.2) is 11.3 Å². The maximum Gasteiger partial charge on any atom is 0.433 e. The molecule has 0 amide bonds. The Morgan fingerprint density at radius 2 is 2.15 bits per heavy atom. The molecule has 3 heterocycles. The van der Waals surface area contributed by atoms with E-state index in [2.05, 4.69) is 36.3 Å². The zero-order chi connectivity index (χ0) is 19.2. The molecular weight excluding hydrogens is 427 g/mol. The first-order valence-electron chi connectivity index (χ1n) is 8.23. The van der Waals surface area contributed by atoms with Crippen molar-refractivity contribution in [2.45, 2.75) is 18.0 Å². The minimum Gasteiger partial charge on any atom is -0.396 e. The van der Waals surface area contributed by atoms with Crippen LogP contribution >= 0.6 is 15.9 Å². The summed E-state index contributed by atoms with van der Waals surface area (Å²) in [7, 11) is 0. The minimum absolute atomic E-state index is 0.00340. The number of aliphatic hydroxyl groups is 1. The highest BCUT2D eigenvalue weighted by atomic mass is 79.9. The lowest BCUT2D eigenvalue weighted by molar-refractivity contribution is -0.141. The number of halogens is 4. The first-order chi connectivity index (χ1) is 12.8. The predicted octanol–water partition coefficient (Wildman–Crippen LogP) is 3.27. The number of aliphatic hydroxyl groups excluding tert-OH is 1. The molecular formula is C17H15BrF3N5O. The zero-order valence-electron chi connectivity index (χ0n) is 13.9. The Balaban J connectivity index is 1.69. The highest BCUT2D eigenvalue weighted by molar-refractivity contribution is 9.10. The largest absolute Gasteiger partial charge is 0.433 e. The second kappa shape index (κ2) is 6.45. The lowest BCUT2D eigenvalue weighted by atomic mass is 9.98. The van der Waals surface area contributed by atoms with E-state index in [-0.39, 0.29) is 24.0 Å². The Morgan fingerprint density at radius 1 is 1.33 bits per heavy atom. The summed E-state index contributed by atoms with van der Waals surface area (Å²) in [4.78, 5) is 8.00. The Hall–Kier alpha value is -2.20. The van der Waals surface area contributed by atoms with Gasteiger partial charge < -0.3 is 10.4 Å². The van der Waals surface area contributed by atoms with E-state index in [1.165, 1.54) is 10.6 Å². The first-order valence-corrected chi connectivity index (χ1v) is 9.02. The van der Waals surface area contributed by atoms with Crippen molar-refractivity contribution in [1.82, 2.24) is 19.6 Å². The molecule has 4 rings (SSSR count). The second-order valence-corrected chi connectivity index (χ2v) is 7.38. The van der Waals surface area contributed by atoms with Crippen molar-refractivity contribution >= 4 is 27.4 Å². The molecule has 1 fully saturated rings. The van der Waals surface area contributed by atoms with E-state index in [0.29, 0.717) is 17.6 Å². The van der Waals surface area contributed by atoms with Crippen LogP contribution < -0.4 is 5.32 Å². The summed E-state index contributed by atoms with van der Waals surface area (Å²) in [6.45, 7) is 0.314.